The van der Waals surface area contributed by atoms with Gasteiger partial charge in [0.2, 0.25) is 0 Å². The van der Waals surface area contributed by atoms with Crippen LogP contribution in [0.3, 0.4) is 0 Å². The smallest absolute Gasteiger partial charge is 0.331 e. The predicted octanol–water partition coefficient (Wildman–Crippen LogP) is 3.46. The molecule has 0 heterocycles. The van der Waals surface area contributed by atoms with Crippen molar-refractivity contribution in [1.82, 2.24) is 0 Å². The molecule has 1 aliphatic rings. The molecule has 1 N–H and O–H groups in total. The number of carboxylic acids is 1. The lowest BCUT2D eigenvalue weighted by Crippen LogP contribution is -2.29. The van der Waals surface area contributed by atoms with Crippen molar-refractivity contribution in [3.05, 3.63) is 22.2 Å². The Bertz CT molecular complexity index is 303. The second kappa shape index (κ2) is 4.94. The van der Waals surface area contributed by atoms with E-state index in [-0.39, 0.29) is 5.41 Å². The predicted molar refractivity (Wildman–Crippen MR) is 67.4 cm³/mol. The van der Waals surface area contributed by atoms with Gasteiger partial charge in [0.25, 0.3) is 0 Å². The summed E-state index contributed by atoms with van der Waals surface area (Å²) in [6.07, 6.45) is 4.00. The summed E-state index contributed by atoms with van der Waals surface area (Å²) in [6, 6.07) is 0. The first kappa shape index (κ1) is 12.5. The summed E-state index contributed by atoms with van der Waals surface area (Å²) in [5.41, 5.74) is 0.287. The summed E-state index contributed by atoms with van der Waals surface area (Å²) < 4.78 is 1.03. The Balaban J connectivity index is 3.01. The van der Waals surface area contributed by atoms with E-state index in [0.29, 0.717) is 12.0 Å². The third kappa shape index (κ3) is 2.31. The normalized spacial score (nSPS) is 19.9. The Hall–Kier alpha value is 0.390. The van der Waals surface area contributed by atoms with Gasteiger partial charge in [-0.3, -0.25) is 0 Å². The fourth-order valence-corrected chi connectivity index (χ4v) is 4.50. The van der Waals surface area contributed by atoms with Crippen LogP contribution >= 0.6 is 47.8 Å². The summed E-state index contributed by atoms with van der Waals surface area (Å²) in [5.74, 6) is -0.840. The molecule has 5 heteroatoms. The number of hydrogen-bond donors (Lipinski definition) is 1. The molecule has 0 aromatic carbocycles. The molecule has 0 radical (unpaired) electrons. The first-order chi connectivity index (χ1) is 6.55. The van der Waals surface area contributed by atoms with Crippen molar-refractivity contribution in [3.8, 4) is 0 Å². The molecule has 0 aromatic heterocycles. The van der Waals surface area contributed by atoms with Gasteiger partial charge in [0.05, 0.1) is 0 Å². The minimum atomic E-state index is -0.840. The number of allylic oxidation sites excluding steroid dienone is 3. The molecule has 0 atom stereocenters. The van der Waals surface area contributed by atoms with Crippen LogP contribution in [0.25, 0.3) is 0 Å². The van der Waals surface area contributed by atoms with Crippen molar-refractivity contribution >= 4 is 53.8 Å². The van der Waals surface area contributed by atoms with E-state index in [0.717, 1.165) is 15.1 Å². The molecular formula is C9H9Br3O2. The highest BCUT2D eigenvalue weighted by molar-refractivity contribution is 9.12. The van der Waals surface area contributed by atoms with Crippen LogP contribution in [0.5, 0.6) is 0 Å². The molecule has 0 fully saturated rings. The van der Waals surface area contributed by atoms with Crippen LogP contribution < -0.4 is 0 Å². The fourth-order valence-electron chi connectivity index (χ4n) is 1.26. The van der Waals surface area contributed by atoms with Gasteiger partial charge < -0.3 is 5.11 Å². The monoisotopic (exact) mass is 386 g/mol. The molecule has 2 nitrogen and oxygen atoms in total. The van der Waals surface area contributed by atoms with Crippen molar-refractivity contribution in [2.24, 2.45) is 5.41 Å². The molecule has 0 aliphatic heterocycles. The Morgan fingerprint density at radius 3 is 2.43 bits per heavy atom. The quantitative estimate of drug-likeness (QED) is 0.752. The van der Waals surface area contributed by atoms with E-state index >= 15 is 0 Å². The van der Waals surface area contributed by atoms with Gasteiger partial charge in [-0.05, 0) is 6.42 Å². The summed E-state index contributed by atoms with van der Waals surface area (Å²) in [5, 5.41) is 10.4. The van der Waals surface area contributed by atoms with E-state index < -0.39 is 5.97 Å². The van der Waals surface area contributed by atoms with Gasteiger partial charge in [-0.1, -0.05) is 59.9 Å². The molecule has 0 aromatic rings. The van der Waals surface area contributed by atoms with Crippen LogP contribution in [-0.2, 0) is 4.79 Å². The molecule has 78 valence electrons. The van der Waals surface area contributed by atoms with E-state index in [1.165, 1.54) is 0 Å². The van der Waals surface area contributed by atoms with Gasteiger partial charge in [0.15, 0.2) is 0 Å². The molecule has 1 aliphatic carbocycles. The van der Waals surface area contributed by atoms with Gasteiger partial charge in [-0.25, -0.2) is 4.79 Å². The number of carbonyl (C=O) groups is 1. The third-order valence-electron chi connectivity index (χ3n) is 2.25. The zero-order valence-electron chi connectivity index (χ0n) is 7.27. The van der Waals surface area contributed by atoms with Crippen molar-refractivity contribution in [3.63, 3.8) is 0 Å². The van der Waals surface area contributed by atoms with Crippen LogP contribution in [-0.4, -0.2) is 21.7 Å². The maximum Gasteiger partial charge on any atom is 0.331 e. The van der Waals surface area contributed by atoms with Gasteiger partial charge in [-0.2, -0.15) is 0 Å². The number of carboxylic acid groups (broad SMARTS) is 1. The van der Waals surface area contributed by atoms with E-state index in [1.54, 1.807) is 6.08 Å². The van der Waals surface area contributed by atoms with Gasteiger partial charge in [0, 0.05) is 26.1 Å². The van der Waals surface area contributed by atoms with Crippen LogP contribution in [0.2, 0.25) is 0 Å². The highest BCUT2D eigenvalue weighted by atomic mass is 79.9. The Morgan fingerprint density at radius 2 is 2.00 bits per heavy atom. The maximum atomic E-state index is 10.8. The minimum Gasteiger partial charge on any atom is -0.478 e. The first-order valence-electron chi connectivity index (χ1n) is 3.98. The largest absolute Gasteiger partial charge is 0.478 e. The molecule has 0 unspecified atom stereocenters. The Kier molecular flexibility index (Phi) is 4.40. The topological polar surface area (TPSA) is 37.3 Å². The van der Waals surface area contributed by atoms with Gasteiger partial charge >= 0.3 is 5.97 Å². The molecule has 0 saturated heterocycles. The molecule has 0 bridgehead atoms. The summed E-state index contributed by atoms with van der Waals surface area (Å²) in [7, 11) is 0. The number of hydrogen-bond acceptors (Lipinski definition) is 1. The van der Waals surface area contributed by atoms with Gasteiger partial charge in [-0.15, -0.1) is 0 Å². The summed E-state index contributed by atoms with van der Waals surface area (Å²) in [4.78, 5) is 10.8. The third-order valence-corrected chi connectivity index (χ3v) is 5.50. The van der Waals surface area contributed by atoms with E-state index in [9.17, 15) is 4.79 Å². The Labute approximate surface area is 108 Å². The number of aliphatic carboxylic acids is 1. The average molecular weight is 389 g/mol. The second-order valence-corrected chi connectivity index (χ2v) is 5.21. The molecular weight excluding hydrogens is 380 g/mol. The minimum absolute atomic E-state index is 0.164. The SMILES string of the molecule is O=C(O)C1=CC=C(Br)C(CBr)(CBr)C1. The molecule has 0 spiro atoms. The molecule has 1 rings (SSSR count). The first-order valence-corrected chi connectivity index (χ1v) is 7.01. The van der Waals surface area contributed by atoms with Crippen LogP contribution in [0.1, 0.15) is 6.42 Å². The average Bonchev–Trinajstić information content (AvgIpc) is 2.19. The van der Waals surface area contributed by atoms with Crippen LogP contribution in [0.4, 0.5) is 0 Å². The van der Waals surface area contributed by atoms with Crippen molar-refractivity contribution in [2.75, 3.05) is 10.7 Å². The lowest BCUT2D eigenvalue weighted by atomic mass is 9.82. The molecule has 14 heavy (non-hydrogen) atoms. The van der Waals surface area contributed by atoms with Crippen molar-refractivity contribution < 1.29 is 9.90 Å². The Morgan fingerprint density at radius 1 is 1.43 bits per heavy atom. The van der Waals surface area contributed by atoms with Gasteiger partial charge in [0.1, 0.15) is 0 Å². The van der Waals surface area contributed by atoms with Crippen LogP contribution in [0, 0.1) is 5.41 Å². The van der Waals surface area contributed by atoms with E-state index in [4.69, 9.17) is 5.11 Å². The summed E-state index contributed by atoms with van der Waals surface area (Å²) in [6.45, 7) is 0. The molecule has 0 amide bonds. The van der Waals surface area contributed by atoms with E-state index in [2.05, 4.69) is 47.8 Å². The van der Waals surface area contributed by atoms with Crippen LogP contribution in [0.15, 0.2) is 22.2 Å². The zero-order chi connectivity index (χ0) is 10.8. The number of alkyl halides is 2. The highest BCUT2D eigenvalue weighted by Gasteiger charge is 2.35. The fraction of sp³-hybridized carbons (Fsp3) is 0.444. The van der Waals surface area contributed by atoms with Crippen molar-refractivity contribution in [1.29, 1.82) is 0 Å². The lowest BCUT2D eigenvalue weighted by Gasteiger charge is -2.32. The zero-order valence-corrected chi connectivity index (χ0v) is 12.0. The lowest BCUT2D eigenvalue weighted by molar-refractivity contribution is -0.133. The second-order valence-electron chi connectivity index (χ2n) is 3.24. The van der Waals surface area contributed by atoms with Crippen molar-refractivity contribution in [2.45, 2.75) is 6.42 Å². The number of rotatable bonds is 3. The summed E-state index contributed by atoms with van der Waals surface area (Å²) >= 11 is 10.3. The maximum absolute atomic E-state index is 10.8. The number of halogens is 3. The van der Waals surface area contributed by atoms with E-state index in [1.807, 2.05) is 6.08 Å². The standard InChI is InChI=1S/C9H9Br3O2/c10-4-9(5-11)3-6(8(13)14)1-2-7(9)12/h1-2H,3-5H2,(H,13,14). The molecule has 0 saturated carbocycles. The highest BCUT2D eigenvalue weighted by Crippen LogP contribution is 2.43.